The van der Waals surface area contributed by atoms with Crippen molar-refractivity contribution in [2.75, 3.05) is 26.2 Å². The Morgan fingerprint density at radius 2 is 2.05 bits per heavy atom. The molecule has 1 unspecified atom stereocenters. The highest BCUT2D eigenvalue weighted by Gasteiger charge is 2.51. The molecule has 2 aliphatic heterocycles. The zero-order valence-corrected chi connectivity index (χ0v) is 12.4. The Morgan fingerprint density at radius 1 is 1.38 bits per heavy atom. The van der Waals surface area contributed by atoms with Crippen LogP contribution in [0.3, 0.4) is 0 Å². The van der Waals surface area contributed by atoms with Crippen molar-refractivity contribution in [1.29, 1.82) is 0 Å². The lowest BCUT2D eigenvalue weighted by molar-refractivity contribution is -0.137. The fraction of sp³-hybridized carbons (Fsp3) is 0.769. The molecule has 0 saturated carbocycles. The summed E-state index contributed by atoms with van der Waals surface area (Å²) in [6.07, 6.45) is -0.621. The summed E-state index contributed by atoms with van der Waals surface area (Å²) in [7, 11) is 0. The van der Waals surface area contributed by atoms with Crippen molar-refractivity contribution in [3.8, 4) is 0 Å². The summed E-state index contributed by atoms with van der Waals surface area (Å²) in [6, 6.07) is 0. The maximum Gasteiger partial charge on any atom is 0.411 e. The molecule has 1 N–H and O–H groups in total. The number of rotatable bonds is 2. The normalized spacial score (nSPS) is 25.4. The third-order valence-corrected chi connectivity index (χ3v) is 3.34. The predicted molar refractivity (Wildman–Crippen MR) is 70.8 cm³/mol. The number of carbonyl (C=O) groups excluding carboxylic acids is 2. The van der Waals surface area contributed by atoms with Gasteiger partial charge < -0.3 is 19.5 Å². The second kappa shape index (κ2) is 5.09. The van der Waals surface area contributed by atoms with Gasteiger partial charge in [0.15, 0.2) is 5.60 Å². The zero-order chi connectivity index (χ0) is 15.8. The molecule has 8 nitrogen and oxygen atoms in total. The summed E-state index contributed by atoms with van der Waals surface area (Å²) in [5.74, 6) is -1.09. The molecule has 2 fully saturated rings. The summed E-state index contributed by atoms with van der Waals surface area (Å²) < 4.78 is 10.6. The molecule has 2 aliphatic rings. The molecule has 1 spiro atoms. The van der Waals surface area contributed by atoms with Gasteiger partial charge >= 0.3 is 18.2 Å². The van der Waals surface area contributed by atoms with Crippen LogP contribution >= 0.6 is 0 Å². The SMILES string of the molecule is CC(C)(C)OC(=O)N1CCC2(C1)CN(CC(=O)O)C(=O)O2. The van der Waals surface area contributed by atoms with Crippen LogP contribution in [-0.4, -0.2) is 70.4 Å². The van der Waals surface area contributed by atoms with Crippen LogP contribution in [0.4, 0.5) is 9.59 Å². The van der Waals surface area contributed by atoms with Gasteiger partial charge in [-0.2, -0.15) is 0 Å². The third kappa shape index (κ3) is 3.56. The van der Waals surface area contributed by atoms with Gasteiger partial charge in [-0.15, -0.1) is 0 Å². The number of hydrogen-bond donors (Lipinski definition) is 1. The average Bonchev–Trinajstić information content (AvgIpc) is 2.81. The van der Waals surface area contributed by atoms with E-state index in [2.05, 4.69) is 0 Å². The number of ether oxygens (including phenoxy) is 2. The Kier molecular flexibility index (Phi) is 3.73. The lowest BCUT2D eigenvalue weighted by Crippen LogP contribution is -2.41. The molecule has 1 atom stereocenters. The second-order valence-electron chi connectivity index (χ2n) is 6.45. The van der Waals surface area contributed by atoms with Gasteiger partial charge in [0.1, 0.15) is 12.1 Å². The van der Waals surface area contributed by atoms with Gasteiger partial charge in [0, 0.05) is 13.0 Å². The van der Waals surface area contributed by atoms with Crippen molar-refractivity contribution in [3.05, 3.63) is 0 Å². The summed E-state index contributed by atoms with van der Waals surface area (Å²) in [4.78, 5) is 37.0. The lowest BCUT2D eigenvalue weighted by Gasteiger charge is -2.25. The van der Waals surface area contributed by atoms with Crippen LogP contribution in [-0.2, 0) is 14.3 Å². The third-order valence-electron chi connectivity index (χ3n) is 3.34. The van der Waals surface area contributed by atoms with E-state index in [0.717, 1.165) is 4.90 Å². The van der Waals surface area contributed by atoms with Crippen molar-refractivity contribution < 1.29 is 29.0 Å². The summed E-state index contributed by atoms with van der Waals surface area (Å²) >= 11 is 0. The molecule has 0 aromatic rings. The summed E-state index contributed by atoms with van der Waals surface area (Å²) in [5, 5.41) is 8.76. The smallest absolute Gasteiger partial charge is 0.411 e. The first-order valence-corrected chi connectivity index (χ1v) is 6.78. The van der Waals surface area contributed by atoms with E-state index < -0.39 is 35.9 Å². The first kappa shape index (κ1) is 15.4. The van der Waals surface area contributed by atoms with Crippen LogP contribution in [0, 0.1) is 0 Å². The average molecular weight is 300 g/mol. The molecule has 0 aromatic heterocycles. The van der Waals surface area contributed by atoms with Crippen molar-refractivity contribution in [2.24, 2.45) is 0 Å². The van der Waals surface area contributed by atoms with Gasteiger partial charge in [0.25, 0.3) is 0 Å². The van der Waals surface area contributed by atoms with Gasteiger partial charge in [0.05, 0.1) is 13.1 Å². The second-order valence-corrected chi connectivity index (χ2v) is 6.45. The van der Waals surface area contributed by atoms with E-state index in [4.69, 9.17) is 14.6 Å². The highest BCUT2D eigenvalue weighted by atomic mass is 16.6. The molecule has 2 amide bonds. The monoisotopic (exact) mass is 300 g/mol. The number of carboxylic acid groups (broad SMARTS) is 1. The molecule has 0 aromatic carbocycles. The van der Waals surface area contributed by atoms with Gasteiger partial charge in [-0.25, -0.2) is 9.59 Å². The molecular formula is C13H20N2O6. The molecule has 0 aliphatic carbocycles. The summed E-state index contributed by atoms with van der Waals surface area (Å²) in [5.41, 5.74) is -1.40. The molecule has 0 bridgehead atoms. The van der Waals surface area contributed by atoms with Crippen LogP contribution in [0.5, 0.6) is 0 Å². The number of nitrogens with zero attached hydrogens (tertiary/aromatic N) is 2. The van der Waals surface area contributed by atoms with E-state index >= 15 is 0 Å². The fourth-order valence-electron chi connectivity index (χ4n) is 2.52. The Bertz CT molecular complexity index is 472. The largest absolute Gasteiger partial charge is 0.480 e. The maximum absolute atomic E-state index is 12.0. The predicted octanol–water partition coefficient (Wildman–Crippen LogP) is 0.903. The first-order chi connectivity index (χ1) is 9.60. The van der Waals surface area contributed by atoms with E-state index in [1.165, 1.54) is 4.90 Å². The van der Waals surface area contributed by atoms with E-state index in [0.29, 0.717) is 13.0 Å². The van der Waals surface area contributed by atoms with Gasteiger partial charge in [-0.3, -0.25) is 9.69 Å². The Labute approximate surface area is 122 Å². The Morgan fingerprint density at radius 3 is 2.62 bits per heavy atom. The van der Waals surface area contributed by atoms with E-state index in [-0.39, 0.29) is 13.1 Å². The van der Waals surface area contributed by atoms with E-state index in [1.54, 1.807) is 20.8 Å². The quantitative estimate of drug-likeness (QED) is 0.814. The number of carbonyl (C=O) groups is 3. The minimum atomic E-state index is -1.09. The maximum atomic E-state index is 12.0. The molecule has 118 valence electrons. The van der Waals surface area contributed by atoms with Gasteiger partial charge in [-0.1, -0.05) is 0 Å². The molecule has 0 radical (unpaired) electrons. The Balaban J connectivity index is 1.97. The van der Waals surface area contributed by atoms with Crippen molar-refractivity contribution in [1.82, 2.24) is 9.80 Å². The molecular weight excluding hydrogens is 280 g/mol. The van der Waals surface area contributed by atoms with Crippen LogP contribution < -0.4 is 0 Å². The first-order valence-electron chi connectivity index (χ1n) is 6.78. The number of amides is 2. The van der Waals surface area contributed by atoms with Crippen LogP contribution in [0.1, 0.15) is 27.2 Å². The zero-order valence-electron chi connectivity index (χ0n) is 12.4. The number of carboxylic acids is 1. The molecule has 8 heteroatoms. The molecule has 2 saturated heterocycles. The molecule has 21 heavy (non-hydrogen) atoms. The summed E-state index contributed by atoms with van der Waals surface area (Å²) in [6.45, 7) is 5.76. The Hall–Kier alpha value is -1.99. The topological polar surface area (TPSA) is 96.4 Å². The van der Waals surface area contributed by atoms with Crippen LogP contribution in [0.25, 0.3) is 0 Å². The molecule has 2 rings (SSSR count). The lowest BCUT2D eigenvalue weighted by atomic mass is 10.0. The van der Waals surface area contributed by atoms with Gasteiger partial charge in [0.2, 0.25) is 0 Å². The standard InChI is InChI=1S/C13H20N2O6/c1-12(2,3)20-10(18)14-5-4-13(7-14)8-15(6-9(16)17)11(19)21-13/h4-8H2,1-3H3,(H,16,17). The van der Waals surface area contributed by atoms with Crippen molar-refractivity contribution in [2.45, 2.75) is 38.4 Å². The van der Waals surface area contributed by atoms with Crippen molar-refractivity contribution in [3.63, 3.8) is 0 Å². The van der Waals surface area contributed by atoms with Gasteiger partial charge in [-0.05, 0) is 20.8 Å². The van der Waals surface area contributed by atoms with Crippen molar-refractivity contribution >= 4 is 18.2 Å². The highest BCUT2D eigenvalue weighted by Crippen LogP contribution is 2.33. The minimum absolute atomic E-state index is 0.178. The number of aliphatic carboxylic acids is 1. The van der Waals surface area contributed by atoms with E-state index in [9.17, 15) is 14.4 Å². The number of hydrogen-bond acceptors (Lipinski definition) is 5. The fourth-order valence-corrected chi connectivity index (χ4v) is 2.52. The highest BCUT2D eigenvalue weighted by molar-refractivity contribution is 5.78. The number of likely N-dealkylation sites (tertiary alicyclic amines) is 1. The minimum Gasteiger partial charge on any atom is -0.480 e. The van der Waals surface area contributed by atoms with E-state index in [1.807, 2.05) is 0 Å². The van der Waals surface area contributed by atoms with Crippen LogP contribution in [0.15, 0.2) is 0 Å². The van der Waals surface area contributed by atoms with Crippen LogP contribution in [0.2, 0.25) is 0 Å². The molecule has 2 heterocycles.